The number of fused-ring (bicyclic) bond motifs is 2. The number of nitrogens with zero attached hydrogens (tertiary/aromatic N) is 5. The lowest BCUT2D eigenvalue weighted by atomic mass is 9.98. The average molecular weight is 705 g/mol. The molecule has 3 aromatic rings. The van der Waals surface area contributed by atoms with Crippen LogP contribution >= 0.6 is 22.7 Å². The number of thiophene rings is 1. The number of aliphatic carboxylic acids is 1. The second kappa shape index (κ2) is 13.1. The molecule has 0 radical (unpaired) electrons. The Hall–Kier alpha value is -4.05. The molecule has 4 atom stereocenters. The molecule has 1 aliphatic carbocycles. The van der Waals surface area contributed by atoms with Crippen LogP contribution in [0.3, 0.4) is 0 Å². The highest BCUT2D eigenvalue weighted by Crippen LogP contribution is 2.45. The normalized spacial score (nSPS) is 25.8. The molecule has 3 aromatic heterocycles. The molecule has 6 rings (SSSR count). The summed E-state index contributed by atoms with van der Waals surface area (Å²) in [7, 11) is 1.68. The molecule has 16 heteroatoms. The number of carboxylic acid groups (broad SMARTS) is 1. The zero-order valence-electron chi connectivity index (χ0n) is 26.5. The first-order valence-corrected chi connectivity index (χ1v) is 17.3. The number of nitrogens with one attached hydrogen (secondary N) is 1. The first kappa shape index (κ1) is 33.8. The summed E-state index contributed by atoms with van der Waals surface area (Å²) in [4.78, 5) is 57.5. The highest BCUT2D eigenvalue weighted by atomic mass is 32.1. The smallest absolute Gasteiger partial charge is 0.434 e. The van der Waals surface area contributed by atoms with E-state index in [1.807, 2.05) is 32.1 Å². The van der Waals surface area contributed by atoms with E-state index in [2.05, 4.69) is 20.3 Å². The molecule has 1 saturated carbocycles. The van der Waals surface area contributed by atoms with E-state index < -0.39 is 41.4 Å². The molecule has 11 nitrogen and oxygen atoms in total. The summed E-state index contributed by atoms with van der Waals surface area (Å²) in [5.41, 5.74) is -1.26. The Bertz CT molecular complexity index is 1760. The van der Waals surface area contributed by atoms with Gasteiger partial charge in [0.05, 0.1) is 5.69 Å². The van der Waals surface area contributed by atoms with Crippen LogP contribution in [-0.4, -0.2) is 85.6 Å². The number of carbonyl (C=O) groups is 3. The number of thiazole rings is 1. The minimum Gasteiger partial charge on any atom is -0.479 e. The number of aryl methyl sites for hydroxylation is 2. The van der Waals surface area contributed by atoms with Crippen molar-refractivity contribution in [2.45, 2.75) is 76.2 Å². The lowest BCUT2D eigenvalue weighted by molar-refractivity contribution is -0.144. The number of hydrogen-bond acceptors (Lipinski definition) is 9. The predicted molar refractivity (Wildman–Crippen MR) is 173 cm³/mol. The van der Waals surface area contributed by atoms with Gasteiger partial charge < -0.3 is 25.0 Å². The van der Waals surface area contributed by atoms with E-state index in [0.29, 0.717) is 18.7 Å². The van der Waals surface area contributed by atoms with E-state index in [1.165, 1.54) is 4.90 Å². The Labute approximate surface area is 282 Å². The maximum absolute atomic E-state index is 13.8. The van der Waals surface area contributed by atoms with Gasteiger partial charge in [-0.3, -0.25) is 4.79 Å². The van der Waals surface area contributed by atoms with Crippen molar-refractivity contribution >= 4 is 40.6 Å². The van der Waals surface area contributed by atoms with E-state index in [4.69, 9.17) is 4.74 Å². The van der Waals surface area contributed by atoms with Crippen LogP contribution in [0.25, 0.3) is 22.1 Å². The lowest BCUT2D eigenvalue weighted by Crippen LogP contribution is -2.60. The lowest BCUT2D eigenvalue weighted by Gasteiger charge is -2.40. The second-order valence-corrected chi connectivity index (χ2v) is 14.8. The van der Waals surface area contributed by atoms with Gasteiger partial charge in [0.1, 0.15) is 17.7 Å². The molecule has 48 heavy (non-hydrogen) atoms. The Kier molecular flexibility index (Phi) is 9.24. The quantitative estimate of drug-likeness (QED) is 0.312. The van der Waals surface area contributed by atoms with Gasteiger partial charge in [-0.1, -0.05) is 12.2 Å². The van der Waals surface area contributed by atoms with Crippen molar-refractivity contribution in [3.63, 3.8) is 0 Å². The Morgan fingerprint density at radius 2 is 1.94 bits per heavy atom. The molecule has 2 aliphatic heterocycles. The van der Waals surface area contributed by atoms with Crippen molar-refractivity contribution in [2.24, 2.45) is 5.92 Å². The van der Waals surface area contributed by atoms with E-state index in [-0.39, 0.29) is 48.0 Å². The summed E-state index contributed by atoms with van der Waals surface area (Å²) in [6, 6.07) is 2.17. The third kappa shape index (κ3) is 6.90. The highest BCUT2D eigenvalue weighted by molar-refractivity contribution is 7.13. The van der Waals surface area contributed by atoms with Crippen LogP contribution in [0.15, 0.2) is 29.7 Å². The highest BCUT2D eigenvalue weighted by Gasteiger charge is 2.61. The maximum Gasteiger partial charge on any atom is 0.434 e. The number of halogens is 3. The standard InChI is InChI=1S/C32H35F3N6O5S2/c1-17-12-21(18(2)48-17)22-14-25(38-26(36-22)28-37-24(16-47-28)32(33,34)35)46-20-9-11-41-23(13-20)27(42)39-31(29(43)44)15-19(31)8-6-4-5-7-10-40(3)30(41)45/h6,8,12,14,16,19-20,23H,4-5,7,9-11,13,15H2,1-3H3,(H,39,42)(H,43,44)/b8-6+/t19-,20+,23+,31-/m1/s1. The average Bonchev–Trinajstić information content (AvgIpc) is 3.32. The first-order valence-electron chi connectivity index (χ1n) is 15.6. The van der Waals surface area contributed by atoms with Crippen molar-refractivity contribution in [3.8, 4) is 28.0 Å². The molecule has 0 spiro atoms. The zero-order valence-corrected chi connectivity index (χ0v) is 28.2. The molecule has 5 heterocycles. The number of carbonyl (C=O) groups excluding carboxylic acids is 2. The van der Waals surface area contributed by atoms with Crippen molar-refractivity contribution in [3.05, 3.63) is 45.1 Å². The molecular formula is C32H35F3N6O5S2. The second-order valence-electron chi connectivity index (χ2n) is 12.5. The minimum absolute atomic E-state index is 0.0282. The summed E-state index contributed by atoms with van der Waals surface area (Å²) in [5, 5.41) is 13.7. The van der Waals surface area contributed by atoms with Crippen LogP contribution in [0.2, 0.25) is 0 Å². The third-order valence-corrected chi connectivity index (χ3v) is 10.8. The number of hydrogen-bond donors (Lipinski definition) is 2. The number of amides is 3. The largest absolute Gasteiger partial charge is 0.479 e. The van der Waals surface area contributed by atoms with Crippen molar-refractivity contribution in [1.29, 1.82) is 0 Å². The number of urea groups is 1. The molecule has 2 N–H and O–H groups in total. The van der Waals surface area contributed by atoms with Gasteiger partial charge >= 0.3 is 18.2 Å². The molecule has 0 bridgehead atoms. The number of ether oxygens (including phenoxy) is 1. The van der Waals surface area contributed by atoms with Crippen LogP contribution in [-0.2, 0) is 15.8 Å². The maximum atomic E-state index is 13.8. The third-order valence-electron chi connectivity index (χ3n) is 8.95. The van der Waals surface area contributed by atoms with Crippen LogP contribution in [0.5, 0.6) is 5.88 Å². The fourth-order valence-electron chi connectivity index (χ4n) is 6.25. The van der Waals surface area contributed by atoms with E-state index >= 15 is 0 Å². The van der Waals surface area contributed by atoms with Gasteiger partial charge in [-0.2, -0.15) is 18.2 Å². The van der Waals surface area contributed by atoms with E-state index in [1.54, 1.807) is 29.4 Å². The van der Waals surface area contributed by atoms with Crippen LogP contribution < -0.4 is 10.1 Å². The number of allylic oxidation sites excluding steroid dienone is 1. The SMILES string of the molecule is Cc1cc(-c2cc(O[C@H]3CCN4C(=O)N(C)CCCC/C=C/[C@@H]5C[C@@]5(C(=O)O)NC(=O)[C@@H]4C3)nc(-c3nc(C(F)(F)F)cs3)n2)c(C)s1. The number of piperidine rings is 1. The fraction of sp³-hybridized carbons (Fsp3) is 0.500. The summed E-state index contributed by atoms with van der Waals surface area (Å²) in [6.07, 6.45) is 1.49. The molecule has 0 aromatic carbocycles. The molecule has 3 aliphatic rings. The van der Waals surface area contributed by atoms with Crippen LogP contribution in [0.4, 0.5) is 18.0 Å². The van der Waals surface area contributed by atoms with Gasteiger partial charge in [0, 0.05) is 65.7 Å². The van der Waals surface area contributed by atoms with Gasteiger partial charge in [0.25, 0.3) is 0 Å². The topological polar surface area (TPSA) is 138 Å². The summed E-state index contributed by atoms with van der Waals surface area (Å²) < 4.78 is 46.5. The Morgan fingerprint density at radius 3 is 2.62 bits per heavy atom. The van der Waals surface area contributed by atoms with E-state index in [0.717, 1.165) is 51.3 Å². The number of rotatable bonds is 5. The minimum atomic E-state index is -4.63. The zero-order chi connectivity index (χ0) is 34.4. The van der Waals surface area contributed by atoms with Gasteiger partial charge in [-0.25, -0.2) is 19.6 Å². The van der Waals surface area contributed by atoms with Gasteiger partial charge in [0.15, 0.2) is 16.5 Å². The monoisotopic (exact) mass is 704 g/mol. The summed E-state index contributed by atoms with van der Waals surface area (Å²) in [5.74, 6) is -2.02. The molecule has 3 amide bonds. The molecule has 1 saturated heterocycles. The van der Waals surface area contributed by atoms with E-state index in [9.17, 15) is 32.7 Å². The van der Waals surface area contributed by atoms with Crippen molar-refractivity contribution < 1.29 is 37.4 Å². The number of aromatic nitrogens is 3. The summed E-state index contributed by atoms with van der Waals surface area (Å²) >= 11 is 2.32. The van der Waals surface area contributed by atoms with Gasteiger partial charge in [0.2, 0.25) is 11.8 Å². The summed E-state index contributed by atoms with van der Waals surface area (Å²) in [6.45, 7) is 4.51. The van der Waals surface area contributed by atoms with Crippen LogP contribution in [0.1, 0.15) is 54.0 Å². The molecule has 256 valence electrons. The Morgan fingerprint density at radius 1 is 1.15 bits per heavy atom. The van der Waals surface area contributed by atoms with Crippen LogP contribution in [0, 0.1) is 19.8 Å². The van der Waals surface area contributed by atoms with Crippen molar-refractivity contribution in [1.82, 2.24) is 30.1 Å². The molecule has 2 fully saturated rings. The van der Waals surface area contributed by atoms with Gasteiger partial charge in [-0.15, -0.1) is 22.7 Å². The fourth-order valence-corrected chi connectivity index (χ4v) is 7.94. The first-order chi connectivity index (χ1) is 22.7. The van der Waals surface area contributed by atoms with Gasteiger partial charge in [-0.05, 0) is 45.6 Å². The molecular weight excluding hydrogens is 670 g/mol. The Balaban J connectivity index is 1.31. The number of carboxylic acids is 1. The molecule has 0 unspecified atom stereocenters. The predicted octanol–water partition coefficient (Wildman–Crippen LogP) is 5.93. The van der Waals surface area contributed by atoms with Crippen molar-refractivity contribution in [2.75, 3.05) is 20.1 Å². The number of alkyl halides is 3.